The van der Waals surface area contributed by atoms with Gasteiger partial charge < -0.3 is 10.6 Å². The summed E-state index contributed by atoms with van der Waals surface area (Å²) in [6.45, 7) is 8.54. The highest BCUT2D eigenvalue weighted by Gasteiger charge is 2.18. The van der Waals surface area contributed by atoms with Crippen LogP contribution in [0.15, 0.2) is 30.3 Å². The number of nitrogens with one attached hydrogen (secondary N) is 2. The van der Waals surface area contributed by atoms with Crippen molar-refractivity contribution in [3.63, 3.8) is 0 Å². The second kappa shape index (κ2) is 10.1. The minimum atomic E-state index is -0.0675. The van der Waals surface area contributed by atoms with Gasteiger partial charge in [-0.15, -0.1) is 0 Å². The van der Waals surface area contributed by atoms with E-state index in [0.29, 0.717) is 5.92 Å². The molecule has 0 aromatic heterocycles. The Morgan fingerprint density at radius 1 is 0.958 bits per heavy atom. The highest BCUT2D eigenvalue weighted by atomic mass is 16.2. The largest absolute Gasteiger partial charge is 0.353 e. The molecule has 0 saturated carbocycles. The molecule has 5 heteroatoms. The Hall–Kier alpha value is -1.88. The van der Waals surface area contributed by atoms with Crippen molar-refractivity contribution >= 4 is 11.8 Å². The summed E-state index contributed by atoms with van der Waals surface area (Å²) in [4.78, 5) is 25.8. The van der Waals surface area contributed by atoms with Crippen LogP contribution in [0.5, 0.6) is 0 Å². The topological polar surface area (TPSA) is 61.4 Å². The fraction of sp³-hybridized carbons (Fsp3) is 0.579. The van der Waals surface area contributed by atoms with Crippen LogP contribution in [0.1, 0.15) is 45.7 Å². The quantitative estimate of drug-likeness (QED) is 0.729. The predicted molar refractivity (Wildman–Crippen MR) is 97.6 cm³/mol. The number of hydrogen-bond donors (Lipinski definition) is 2. The van der Waals surface area contributed by atoms with E-state index in [-0.39, 0.29) is 37.0 Å². The maximum Gasteiger partial charge on any atom is 0.234 e. The summed E-state index contributed by atoms with van der Waals surface area (Å²) in [7, 11) is 1.78. The summed E-state index contributed by atoms with van der Waals surface area (Å²) in [5, 5.41) is 5.92. The second-order valence-corrected chi connectivity index (χ2v) is 7.05. The minimum Gasteiger partial charge on any atom is -0.353 e. The van der Waals surface area contributed by atoms with Gasteiger partial charge in [-0.05, 0) is 38.8 Å². The monoisotopic (exact) mass is 333 g/mol. The number of carbonyl (C=O) groups excluding carboxylic acids is 2. The summed E-state index contributed by atoms with van der Waals surface area (Å²) < 4.78 is 0. The molecule has 0 heterocycles. The van der Waals surface area contributed by atoms with Crippen molar-refractivity contribution in [2.24, 2.45) is 5.92 Å². The van der Waals surface area contributed by atoms with Crippen LogP contribution in [0, 0.1) is 5.92 Å². The molecule has 0 unspecified atom stereocenters. The number of hydrogen-bond acceptors (Lipinski definition) is 3. The molecule has 1 rings (SSSR count). The Labute approximate surface area is 145 Å². The Bertz CT molecular complexity index is 515. The molecule has 1 aromatic carbocycles. The number of likely N-dealkylation sites (N-methyl/N-ethyl adjacent to an activating group) is 1. The van der Waals surface area contributed by atoms with E-state index >= 15 is 0 Å². The van der Waals surface area contributed by atoms with E-state index in [4.69, 9.17) is 0 Å². The Kier molecular flexibility index (Phi) is 8.47. The molecule has 1 atom stereocenters. The molecule has 0 spiro atoms. The molecule has 0 aliphatic heterocycles. The molecule has 2 amide bonds. The van der Waals surface area contributed by atoms with Crippen LogP contribution < -0.4 is 10.6 Å². The van der Waals surface area contributed by atoms with E-state index in [1.807, 2.05) is 44.2 Å². The van der Waals surface area contributed by atoms with Crippen molar-refractivity contribution < 1.29 is 9.59 Å². The zero-order valence-corrected chi connectivity index (χ0v) is 15.5. The number of nitrogens with zero attached hydrogens (tertiary/aromatic N) is 1. The van der Waals surface area contributed by atoms with Gasteiger partial charge in [0.25, 0.3) is 0 Å². The maximum atomic E-state index is 12.3. The second-order valence-electron chi connectivity index (χ2n) is 7.05. The van der Waals surface area contributed by atoms with Crippen LogP contribution in [-0.2, 0) is 9.59 Å². The van der Waals surface area contributed by atoms with Gasteiger partial charge in [-0.25, -0.2) is 0 Å². The molecule has 0 radical (unpaired) electrons. The molecule has 0 bridgehead atoms. The smallest absolute Gasteiger partial charge is 0.234 e. The minimum absolute atomic E-state index is 0.00316. The van der Waals surface area contributed by atoms with Crippen LogP contribution in [0.25, 0.3) is 0 Å². The van der Waals surface area contributed by atoms with Crippen LogP contribution in [0.3, 0.4) is 0 Å². The zero-order valence-electron chi connectivity index (χ0n) is 15.5. The van der Waals surface area contributed by atoms with Gasteiger partial charge in [0, 0.05) is 6.04 Å². The van der Waals surface area contributed by atoms with Gasteiger partial charge >= 0.3 is 0 Å². The highest BCUT2D eigenvalue weighted by Crippen LogP contribution is 2.20. The lowest BCUT2D eigenvalue weighted by molar-refractivity contribution is -0.125. The lowest BCUT2D eigenvalue weighted by atomic mass is 9.97. The van der Waals surface area contributed by atoms with Gasteiger partial charge in [0.2, 0.25) is 11.8 Å². The number of rotatable bonds is 9. The van der Waals surface area contributed by atoms with E-state index in [0.717, 1.165) is 12.0 Å². The average molecular weight is 333 g/mol. The first-order chi connectivity index (χ1) is 11.3. The van der Waals surface area contributed by atoms with Crippen molar-refractivity contribution in [2.75, 3.05) is 20.1 Å². The average Bonchev–Trinajstić information content (AvgIpc) is 2.45. The Morgan fingerprint density at radius 3 is 2.00 bits per heavy atom. The fourth-order valence-corrected chi connectivity index (χ4v) is 2.59. The standard InChI is InChI=1S/C19H31N3O2/c1-14(2)11-17(16-9-7-6-8-10-16)21-19(24)13-22(5)12-18(23)20-15(3)4/h6-10,14-15,17H,11-13H2,1-5H3,(H,20,23)(H,21,24)/t17-/m0/s1. The molecule has 5 nitrogen and oxygen atoms in total. The first-order valence-corrected chi connectivity index (χ1v) is 8.60. The molecule has 134 valence electrons. The number of amides is 2. The third-order valence-electron chi connectivity index (χ3n) is 3.52. The van der Waals surface area contributed by atoms with Gasteiger partial charge in [-0.1, -0.05) is 44.2 Å². The molecule has 0 saturated heterocycles. The van der Waals surface area contributed by atoms with Gasteiger partial charge in [0.1, 0.15) is 0 Å². The van der Waals surface area contributed by atoms with Crippen molar-refractivity contribution in [1.29, 1.82) is 0 Å². The van der Waals surface area contributed by atoms with E-state index in [1.165, 1.54) is 0 Å². The van der Waals surface area contributed by atoms with E-state index < -0.39 is 0 Å². The van der Waals surface area contributed by atoms with E-state index in [9.17, 15) is 9.59 Å². The SMILES string of the molecule is CC(C)C[C@H](NC(=O)CN(C)CC(=O)NC(C)C)c1ccccc1. The van der Waals surface area contributed by atoms with Crippen molar-refractivity contribution in [2.45, 2.75) is 46.2 Å². The fourth-order valence-electron chi connectivity index (χ4n) is 2.59. The first-order valence-electron chi connectivity index (χ1n) is 8.60. The lowest BCUT2D eigenvalue weighted by Gasteiger charge is -2.23. The third-order valence-corrected chi connectivity index (χ3v) is 3.52. The number of benzene rings is 1. The molecule has 0 aliphatic rings. The van der Waals surface area contributed by atoms with E-state index in [2.05, 4.69) is 24.5 Å². The van der Waals surface area contributed by atoms with E-state index in [1.54, 1.807) is 11.9 Å². The molecule has 1 aromatic rings. The van der Waals surface area contributed by atoms with Crippen molar-refractivity contribution in [3.05, 3.63) is 35.9 Å². The molecule has 0 aliphatic carbocycles. The zero-order chi connectivity index (χ0) is 18.1. The maximum absolute atomic E-state index is 12.3. The molecular formula is C19H31N3O2. The molecule has 2 N–H and O–H groups in total. The van der Waals surface area contributed by atoms with Crippen molar-refractivity contribution in [1.82, 2.24) is 15.5 Å². The number of carbonyl (C=O) groups is 2. The molecule has 0 fully saturated rings. The van der Waals surface area contributed by atoms with Gasteiger partial charge in [-0.2, -0.15) is 0 Å². The van der Waals surface area contributed by atoms with Crippen LogP contribution in [0.4, 0.5) is 0 Å². The first kappa shape index (κ1) is 20.2. The van der Waals surface area contributed by atoms with Crippen molar-refractivity contribution in [3.8, 4) is 0 Å². The van der Waals surface area contributed by atoms with Gasteiger partial charge in [0.15, 0.2) is 0 Å². The highest BCUT2D eigenvalue weighted by molar-refractivity contribution is 5.81. The van der Waals surface area contributed by atoms with Crippen LogP contribution >= 0.6 is 0 Å². The normalized spacial score (nSPS) is 12.5. The predicted octanol–water partition coefficient (Wildman–Crippen LogP) is 2.35. The third kappa shape index (κ3) is 8.11. The lowest BCUT2D eigenvalue weighted by Crippen LogP contribution is -2.43. The summed E-state index contributed by atoms with van der Waals surface area (Å²) in [6.07, 6.45) is 0.882. The molecule has 24 heavy (non-hydrogen) atoms. The molecular weight excluding hydrogens is 302 g/mol. The summed E-state index contributed by atoms with van der Waals surface area (Å²) >= 11 is 0. The summed E-state index contributed by atoms with van der Waals surface area (Å²) in [5.41, 5.74) is 1.11. The Balaban J connectivity index is 2.57. The van der Waals surface area contributed by atoms with Crippen LogP contribution in [0.2, 0.25) is 0 Å². The van der Waals surface area contributed by atoms with Gasteiger partial charge in [-0.3, -0.25) is 14.5 Å². The van der Waals surface area contributed by atoms with Gasteiger partial charge in [0.05, 0.1) is 19.1 Å². The Morgan fingerprint density at radius 2 is 1.50 bits per heavy atom. The van der Waals surface area contributed by atoms with Crippen LogP contribution in [-0.4, -0.2) is 42.9 Å². The summed E-state index contributed by atoms with van der Waals surface area (Å²) in [6, 6.07) is 10.1. The summed E-state index contributed by atoms with van der Waals surface area (Å²) in [5.74, 6) is 0.344.